The summed E-state index contributed by atoms with van der Waals surface area (Å²) in [5.41, 5.74) is 1.10. The Balaban J connectivity index is 2.69. The first-order valence-electron chi connectivity index (χ1n) is 5.14. The van der Waals surface area contributed by atoms with Crippen LogP contribution in [0.15, 0.2) is 28.7 Å². The van der Waals surface area contributed by atoms with E-state index in [9.17, 15) is 4.79 Å². The lowest BCUT2D eigenvalue weighted by atomic mass is 10.1. The first-order valence-corrected chi connectivity index (χ1v) is 7.22. The van der Waals surface area contributed by atoms with E-state index in [1.807, 2.05) is 44.4 Å². The van der Waals surface area contributed by atoms with Crippen molar-refractivity contribution in [2.75, 3.05) is 6.26 Å². The van der Waals surface area contributed by atoms with Gasteiger partial charge < -0.3 is 5.32 Å². The topological polar surface area (TPSA) is 29.1 Å². The van der Waals surface area contributed by atoms with Gasteiger partial charge in [-0.15, -0.1) is 0 Å². The van der Waals surface area contributed by atoms with E-state index in [2.05, 4.69) is 21.2 Å². The largest absolute Gasteiger partial charge is 0.349 e. The predicted molar refractivity (Wildman–Crippen MR) is 73.7 cm³/mol. The number of benzene rings is 1. The van der Waals surface area contributed by atoms with Crippen LogP contribution in [0.25, 0.3) is 0 Å². The highest BCUT2D eigenvalue weighted by atomic mass is 79.9. The van der Waals surface area contributed by atoms with E-state index in [0.29, 0.717) is 0 Å². The molecule has 2 atom stereocenters. The molecule has 0 spiro atoms. The molecule has 2 nitrogen and oxygen atoms in total. The van der Waals surface area contributed by atoms with E-state index in [0.717, 1.165) is 10.0 Å². The molecular weight excluding hydrogens is 286 g/mol. The molecular formula is C12H16BrNOS. The van der Waals surface area contributed by atoms with Crippen LogP contribution in [0.1, 0.15) is 25.5 Å². The highest BCUT2D eigenvalue weighted by Crippen LogP contribution is 2.23. The molecule has 1 aromatic carbocycles. The number of carbonyl (C=O) groups is 1. The van der Waals surface area contributed by atoms with Crippen LogP contribution in [0.5, 0.6) is 0 Å². The van der Waals surface area contributed by atoms with E-state index in [1.54, 1.807) is 11.8 Å². The smallest absolute Gasteiger partial charge is 0.233 e. The van der Waals surface area contributed by atoms with E-state index < -0.39 is 0 Å². The molecule has 0 unspecified atom stereocenters. The average Bonchev–Trinajstić information content (AvgIpc) is 2.28. The summed E-state index contributed by atoms with van der Waals surface area (Å²) in [6, 6.07) is 7.96. The van der Waals surface area contributed by atoms with Gasteiger partial charge in [0.05, 0.1) is 11.3 Å². The first kappa shape index (κ1) is 13.6. The Hall–Kier alpha value is -0.480. The molecule has 1 amide bonds. The van der Waals surface area contributed by atoms with E-state index in [-0.39, 0.29) is 17.2 Å². The molecule has 1 aromatic rings. The van der Waals surface area contributed by atoms with Gasteiger partial charge in [0, 0.05) is 4.47 Å². The maximum Gasteiger partial charge on any atom is 0.233 e. The summed E-state index contributed by atoms with van der Waals surface area (Å²) in [5, 5.41) is 2.99. The Bertz CT molecular complexity index is 370. The summed E-state index contributed by atoms with van der Waals surface area (Å²) >= 11 is 5.03. The normalized spacial score (nSPS) is 14.2. The average molecular weight is 302 g/mol. The van der Waals surface area contributed by atoms with Crippen LogP contribution in [-0.2, 0) is 4.79 Å². The molecule has 0 radical (unpaired) electrons. The lowest BCUT2D eigenvalue weighted by molar-refractivity contribution is -0.120. The number of carbonyl (C=O) groups excluding carboxylic acids is 1. The molecule has 1 rings (SSSR count). The third-order valence-electron chi connectivity index (χ3n) is 2.45. The Morgan fingerprint density at radius 1 is 1.38 bits per heavy atom. The number of rotatable bonds is 4. The highest BCUT2D eigenvalue weighted by molar-refractivity contribution is 9.10. The van der Waals surface area contributed by atoms with Crippen molar-refractivity contribution in [1.29, 1.82) is 0 Å². The van der Waals surface area contributed by atoms with Crippen molar-refractivity contribution in [2.45, 2.75) is 25.1 Å². The highest BCUT2D eigenvalue weighted by Gasteiger charge is 2.16. The summed E-state index contributed by atoms with van der Waals surface area (Å²) in [7, 11) is 0. The predicted octanol–water partition coefficient (Wildman–Crippen LogP) is 3.38. The minimum atomic E-state index is -0.00932. The van der Waals surface area contributed by atoms with Gasteiger partial charge in [-0.1, -0.05) is 34.1 Å². The van der Waals surface area contributed by atoms with Gasteiger partial charge in [0.2, 0.25) is 5.91 Å². The molecule has 0 saturated carbocycles. The number of amides is 1. The molecule has 0 bridgehead atoms. The molecule has 0 fully saturated rings. The van der Waals surface area contributed by atoms with E-state index in [4.69, 9.17) is 0 Å². The fourth-order valence-electron chi connectivity index (χ4n) is 1.34. The number of hydrogen-bond acceptors (Lipinski definition) is 2. The Morgan fingerprint density at radius 3 is 2.56 bits per heavy atom. The minimum absolute atomic E-state index is 0.00932. The second kappa shape index (κ2) is 6.30. The second-order valence-electron chi connectivity index (χ2n) is 3.63. The fraction of sp³-hybridized carbons (Fsp3) is 0.417. The van der Waals surface area contributed by atoms with Crippen molar-refractivity contribution in [1.82, 2.24) is 5.32 Å². The minimum Gasteiger partial charge on any atom is -0.349 e. The fourth-order valence-corrected chi connectivity index (χ4v) is 2.25. The van der Waals surface area contributed by atoms with Crippen molar-refractivity contribution in [3.8, 4) is 0 Å². The SMILES string of the molecule is CS[C@H](C)C(=O)N[C@H](C)c1ccccc1Br. The standard InChI is InChI=1S/C12H16BrNOS/c1-8(14-12(15)9(2)16-3)10-6-4-5-7-11(10)13/h4-9H,1-3H3,(H,14,15)/t8-,9-/m1/s1. The van der Waals surface area contributed by atoms with Gasteiger partial charge in [0.1, 0.15) is 0 Å². The van der Waals surface area contributed by atoms with Gasteiger partial charge in [0.15, 0.2) is 0 Å². The summed E-state index contributed by atoms with van der Waals surface area (Å²) in [6.07, 6.45) is 1.94. The summed E-state index contributed by atoms with van der Waals surface area (Å²) < 4.78 is 1.03. The third kappa shape index (κ3) is 3.52. The van der Waals surface area contributed by atoms with Crippen LogP contribution in [0.3, 0.4) is 0 Å². The molecule has 0 saturated heterocycles. The number of hydrogen-bond donors (Lipinski definition) is 1. The molecule has 0 aromatic heterocycles. The second-order valence-corrected chi connectivity index (χ2v) is 5.66. The number of nitrogens with one attached hydrogen (secondary N) is 1. The van der Waals surface area contributed by atoms with Crippen molar-refractivity contribution in [2.24, 2.45) is 0 Å². The van der Waals surface area contributed by atoms with Crippen molar-refractivity contribution in [3.63, 3.8) is 0 Å². The third-order valence-corrected chi connectivity index (χ3v) is 4.10. The van der Waals surface area contributed by atoms with Crippen molar-refractivity contribution >= 4 is 33.6 Å². The van der Waals surface area contributed by atoms with Gasteiger partial charge in [-0.05, 0) is 31.7 Å². The van der Waals surface area contributed by atoms with Crippen LogP contribution in [-0.4, -0.2) is 17.4 Å². The molecule has 0 aliphatic rings. The Labute approximate surface area is 109 Å². The zero-order chi connectivity index (χ0) is 12.1. The Morgan fingerprint density at radius 2 is 2.00 bits per heavy atom. The Kier molecular flexibility index (Phi) is 5.35. The van der Waals surface area contributed by atoms with Crippen LogP contribution >= 0.6 is 27.7 Å². The maximum atomic E-state index is 11.7. The molecule has 1 N–H and O–H groups in total. The molecule has 88 valence electrons. The van der Waals surface area contributed by atoms with Crippen LogP contribution in [0, 0.1) is 0 Å². The van der Waals surface area contributed by atoms with Crippen molar-refractivity contribution in [3.05, 3.63) is 34.3 Å². The van der Waals surface area contributed by atoms with Crippen molar-refractivity contribution < 1.29 is 4.79 Å². The molecule has 0 heterocycles. The number of halogens is 1. The molecule has 16 heavy (non-hydrogen) atoms. The summed E-state index contributed by atoms with van der Waals surface area (Å²) in [4.78, 5) is 11.7. The van der Waals surface area contributed by atoms with Crippen LogP contribution in [0.2, 0.25) is 0 Å². The van der Waals surface area contributed by atoms with Gasteiger partial charge in [-0.2, -0.15) is 11.8 Å². The van der Waals surface area contributed by atoms with Gasteiger partial charge >= 0.3 is 0 Å². The lowest BCUT2D eigenvalue weighted by Gasteiger charge is -2.17. The lowest BCUT2D eigenvalue weighted by Crippen LogP contribution is -2.33. The van der Waals surface area contributed by atoms with E-state index >= 15 is 0 Å². The zero-order valence-corrected chi connectivity index (χ0v) is 12.1. The summed E-state index contributed by atoms with van der Waals surface area (Å²) in [5.74, 6) is 0.0794. The first-order chi connectivity index (χ1) is 7.56. The van der Waals surface area contributed by atoms with Gasteiger partial charge in [-0.25, -0.2) is 0 Å². The molecule has 0 aliphatic carbocycles. The van der Waals surface area contributed by atoms with E-state index in [1.165, 1.54) is 0 Å². The molecule has 0 aliphatic heterocycles. The zero-order valence-electron chi connectivity index (χ0n) is 9.66. The number of thioether (sulfide) groups is 1. The van der Waals surface area contributed by atoms with Gasteiger partial charge in [-0.3, -0.25) is 4.79 Å². The monoisotopic (exact) mass is 301 g/mol. The maximum absolute atomic E-state index is 11.7. The quantitative estimate of drug-likeness (QED) is 0.924. The van der Waals surface area contributed by atoms with Crippen LogP contribution in [0.4, 0.5) is 0 Å². The summed E-state index contributed by atoms with van der Waals surface area (Å²) in [6.45, 7) is 3.90. The molecule has 4 heteroatoms. The van der Waals surface area contributed by atoms with Crippen LogP contribution < -0.4 is 5.32 Å². The van der Waals surface area contributed by atoms with Gasteiger partial charge in [0.25, 0.3) is 0 Å².